The fourth-order valence-electron chi connectivity index (χ4n) is 2.11. The number of nitro benzene ring substituents is 1. The average molecular weight is 294 g/mol. The number of nitrogens with one attached hydrogen (secondary N) is 1. The van der Waals surface area contributed by atoms with Crippen LogP contribution in [-0.2, 0) is 9.53 Å². The predicted octanol–water partition coefficient (Wildman–Crippen LogP) is 2.98. The number of carbonyl (C=O) groups excluding carboxylic acids is 1. The number of carbonyl (C=O) groups is 1. The minimum atomic E-state index is -0.398. The number of non-ortho nitro benzene ring substituents is 1. The van der Waals surface area contributed by atoms with E-state index in [0.29, 0.717) is 19.6 Å². The highest BCUT2D eigenvalue weighted by Gasteiger charge is 2.14. The van der Waals surface area contributed by atoms with Gasteiger partial charge in [-0.15, -0.1) is 0 Å². The number of hydrogen-bond acceptors (Lipinski definition) is 5. The number of hydrogen-bond donors (Lipinski definition) is 1. The molecule has 0 heterocycles. The molecule has 21 heavy (non-hydrogen) atoms. The van der Waals surface area contributed by atoms with Crippen LogP contribution in [-0.4, -0.2) is 24.0 Å². The quantitative estimate of drug-likeness (QED) is 0.430. The first-order valence-corrected chi connectivity index (χ1v) is 7.21. The maximum Gasteiger partial charge on any atom is 0.307 e. The molecule has 1 atom stereocenters. The summed E-state index contributed by atoms with van der Waals surface area (Å²) in [5, 5.41) is 14.1. The number of nitro groups is 1. The SMILES string of the molecule is CCCC(NCCC(=O)OCC)c1cccc([N+](=O)[O-])c1. The Kier molecular flexibility index (Phi) is 7.39. The molecule has 0 saturated heterocycles. The molecule has 0 radical (unpaired) electrons. The second-order valence-corrected chi connectivity index (χ2v) is 4.70. The van der Waals surface area contributed by atoms with E-state index in [1.54, 1.807) is 19.1 Å². The van der Waals surface area contributed by atoms with Gasteiger partial charge in [-0.3, -0.25) is 14.9 Å². The summed E-state index contributed by atoms with van der Waals surface area (Å²) in [7, 11) is 0. The molecular formula is C15H22N2O4. The van der Waals surface area contributed by atoms with Crippen molar-refractivity contribution in [1.29, 1.82) is 0 Å². The Morgan fingerprint density at radius 2 is 2.19 bits per heavy atom. The zero-order valence-electron chi connectivity index (χ0n) is 12.5. The Morgan fingerprint density at radius 3 is 2.81 bits per heavy atom. The molecule has 116 valence electrons. The average Bonchev–Trinajstić information content (AvgIpc) is 2.47. The topological polar surface area (TPSA) is 81.5 Å². The second kappa shape index (κ2) is 9.07. The summed E-state index contributed by atoms with van der Waals surface area (Å²) in [6.07, 6.45) is 2.09. The molecule has 0 spiro atoms. The molecule has 1 rings (SSSR count). The van der Waals surface area contributed by atoms with Crippen LogP contribution >= 0.6 is 0 Å². The molecule has 1 N–H and O–H groups in total. The van der Waals surface area contributed by atoms with Crippen molar-refractivity contribution in [2.75, 3.05) is 13.2 Å². The van der Waals surface area contributed by atoms with Crippen molar-refractivity contribution in [2.45, 2.75) is 39.2 Å². The van der Waals surface area contributed by atoms with Gasteiger partial charge in [-0.1, -0.05) is 25.5 Å². The molecule has 0 saturated carbocycles. The van der Waals surface area contributed by atoms with Crippen LogP contribution in [0.5, 0.6) is 0 Å². The molecule has 0 fully saturated rings. The predicted molar refractivity (Wildman–Crippen MR) is 80.0 cm³/mol. The van der Waals surface area contributed by atoms with Crippen molar-refractivity contribution in [3.8, 4) is 0 Å². The number of benzene rings is 1. The van der Waals surface area contributed by atoms with E-state index in [9.17, 15) is 14.9 Å². The maximum absolute atomic E-state index is 11.3. The Labute approximate surface area is 124 Å². The highest BCUT2D eigenvalue weighted by Crippen LogP contribution is 2.22. The van der Waals surface area contributed by atoms with Crippen LogP contribution in [0.1, 0.15) is 44.7 Å². The summed E-state index contributed by atoms with van der Waals surface area (Å²) in [5.74, 6) is -0.237. The van der Waals surface area contributed by atoms with Crippen molar-refractivity contribution in [2.24, 2.45) is 0 Å². The van der Waals surface area contributed by atoms with Gasteiger partial charge in [-0.05, 0) is 18.9 Å². The minimum Gasteiger partial charge on any atom is -0.466 e. The summed E-state index contributed by atoms with van der Waals surface area (Å²) < 4.78 is 4.87. The molecule has 0 amide bonds. The van der Waals surface area contributed by atoms with Crippen LogP contribution in [0.15, 0.2) is 24.3 Å². The lowest BCUT2D eigenvalue weighted by Crippen LogP contribution is -2.24. The van der Waals surface area contributed by atoms with Crippen LogP contribution in [0, 0.1) is 10.1 Å². The Hall–Kier alpha value is -1.95. The molecule has 0 bridgehead atoms. The molecule has 1 aromatic rings. The standard InChI is InChI=1S/C15H22N2O4/c1-3-6-14(16-10-9-15(18)21-4-2)12-7-5-8-13(11-12)17(19)20/h5,7-8,11,14,16H,3-4,6,9-10H2,1-2H3. The molecule has 6 nitrogen and oxygen atoms in total. The van der Waals surface area contributed by atoms with Crippen molar-refractivity contribution in [3.63, 3.8) is 0 Å². The van der Waals surface area contributed by atoms with Crippen LogP contribution in [0.2, 0.25) is 0 Å². The third-order valence-corrected chi connectivity index (χ3v) is 3.09. The summed E-state index contributed by atoms with van der Waals surface area (Å²) in [6.45, 7) is 4.69. The van der Waals surface area contributed by atoms with Gasteiger partial charge in [0.25, 0.3) is 5.69 Å². The summed E-state index contributed by atoms with van der Waals surface area (Å²) in [5.41, 5.74) is 0.954. The minimum absolute atomic E-state index is 0.00401. The van der Waals surface area contributed by atoms with Crippen molar-refractivity contribution < 1.29 is 14.5 Å². The molecule has 0 aliphatic heterocycles. The zero-order valence-corrected chi connectivity index (χ0v) is 12.5. The van der Waals surface area contributed by atoms with Crippen LogP contribution < -0.4 is 5.32 Å². The summed E-state index contributed by atoms with van der Waals surface area (Å²) in [4.78, 5) is 21.7. The van der Waals surface area contributed by atoms with Crippen LogP contribution in [0.25, 0.3) is 0 Å². The van der Waals surface area contributed by atoms with E-state index in [2.05, 4.69) is 12.2 Å². The lowest BCUT2D eigenvalue weighted by Gasteiger charge is -2.18. The second-order valence-electron chi connectivity index (χ2n) is 4.70. The molecule has 6 heteroatoms. The largest absolute Gasteiger partial charge is 0.466 e. The normalized spacial score (nSPS) is 11.9. The Morgan fingerprint density at radius 1 is 1.43 bits per heavy atom. The van der Waals surface area contributed by atoms with Crippen molar-refractivity contribution >= 4 is 11.7 Å². The molecular weight excluding hydrogens is 272 g/mol. The first-order chi connectivity index (χ1) is 10.1. The van der Waals surface area contributed by atoms with Gasteiger partial charge in [0.1, 0.15) is 0 Å². The van der Waals surface area contributed by atoms with Gasteiger partial charge in [0.2, 0.25) is 0 Å². The first-order valence-electron chi connectivity index (χ1n) is 7.21. The maximum atomic E-state index is 11.3. The number of ether oxygens (including phenoxy) is 1. The highest BCUT2D eigenvalue weighted by molar-refractivity contribution is 5.69. The molecule has 0 aliphatic carbocycles. The van der Waals surface area contributed by atoms with E-state index < -0.39 is 4.92 Å². The number of rotatable bonds is 9. The van der Waals surface area contributed by atoms with E-state index in [4.69, 9.17) is 4.74 Å². The third kappa shape index (κ3) is 5.91. The smallest absolute Gasteiger partial charge is 0.307 e. The van der Waals surface area contributed by atoms with Gasteiger partial charge in [0.05, 0.1) is 18.0 Å². The molecule has 0 aromatic heterocycles. The van der Waals surface area contributed by atoms with Gasteiger partial charge in [0.15, 0.2) is 0 Å². The summed E-state index contributed by atoms with van der Waals surface area (Å²) in [6, 6.07) is 6.61. The van der Waals surface area contributed by atoms with Crippen LogP contribution in [0.4, 0.5) is 5.69 Å². The van der Waals surface area contributed by atoms with E-state index >= 15 is 0 Å². The van der Waals surface area contributed by atoms with Gasteiger partial charge in [0, 0.05) is 24.7 Å². The van der Waals surface area contributed by atoms with E-state index in [0.717, 1.165) is 18.4 Å². The van der Waals surface area contributed by atoms with E-state index in [1.165, 1.54) is 6.07 Å². The monoisotopic (exact) mass is 294 g/mol. The molecule has 0 aliphatic rings. The van der Waals surface area contributed by atoms with Gasteiger partial charge in [-0.2, -0.15) is 0 Å². The Balaban J connectivity index is 2.66. The fraction of sp³-hybridized carbons (Fsp3) is 0.533. The van der Waals surface area contributed by atoms with Gasteiger partial charge in [-0.25, -0.2) is 0 Å². The molecule has 1 aromatic carbocycles. The van der Waals surface area contributed by atoms with E-state index in [-0.39, 0.29) is 17.7 Å². The highest BCUT2D eigenvalue weighted by atomic mass is 16.6. The first kappa shape index (κ1) is 17.1. The number of esters is 1. The van der Waals surface area contributed by atoms with Gasteiger partial charge < -0.3 is 10.1 Å². The lowest BCUT2D eigenvalue weighted by atomic mass is 10.0. The van der Waals surface area contributed by atoms with Crippen molar-refractivity contribution in [3.05, 3.63) is 39.9 Å². The van der Waals surface area contributed by atoms with Crippen molar-refractivity contribution in [1.82, 2.24) is 5.32 Å². The van der Waals surface area contributed by atoms with Crippen LogP contribution in [0.3, 0.4) is 0 Å². The Bertz CT molecular complexity index is 476. The summed E-state index contributed by atoms with van der Waals surface area (Å²) >= 11 is 0. The zero-order chi connectivity index (χ0) is 15.7. The lowest BCUT2D eigenvalue weighted by molar-refractivity contribution is -0.384. The fourth-order valence-corrected chi connectivity index (χ4v) is 2.11. The third-order valence-electron chi connectivity index (χ3n) is 3.09. The van der Waals surface area contributed by atoms with Gasteiger partial charge >= 0.3 is 5.97 Å². The number of nitrogens with zero attached hydrogens (tertiary/aromatic N) is 1. The molecule has 1 unspecified atom stereocenters. The van der Waals surface area contributed by atoms with E-state index in [1.807, 2.05) is 6.07 Å².